The SMILES string of the molecule is OCCc1cccc(C2CCCSC2)c1. The number of aliphatic hydroxyl groups excluding tert-OH is 1. The maximum absolute atomic E-state index is 8.92. The second-order valence-electron chi connectivity index (χ2n) is 4.13. The third kappa shape index (κ3) is 2.99. The summed E-state index contributed by atoms with van der Waals surface area (Å²) >= 11 is 2.07. The van der Waals surface area contributed by atoms with Crippen molar-refractivity contribution in [1.82, 2.24) is 0 Å². The standard InChI is InChI=1S/C13H18OS/c14-7-6-11-3-1-4-12(9-11)13-5-2-8-15-10-13/h1,3-4,9,13-14H,2,5-8,10H2. The van der Waals surface area contributed by atoms with Gasteiger partial charge in [0.2, 0.25) is 0 Å². The number of hydrogen-bond donors (Lipinski definition) is 1. The van der Waals surface area contributed by atoms with Gasteiger partial charge in [-0.25, -0.2) is 0 Å². The molecule has 0 bridgehead atoms. The lowest BCUT2D eigenvalue weighted by Gasteiger charge is -2.22. The summed E-state index contributed by atoms with van der Waals surface area (Å²) in [5.41, 5.74) is 2.73. The minimum atomic E-state index is 0.253. The zero-order valence-corrected chi connectivity index (χ0v) is 9.80. The van der Waals surface area contributed by atoms with Crippen molar-refractivity contribution in [3.8, 4) is 0 Å². The highest BCUT2D eigenvalue weighted by molar-refractivity contribution is 7.99. The molecular weight excluding hydrogens is 204 g/mol. The van der Waals surface area contributed by atoms with Gasteiger partial charge in [-0.05, 0) is 42.1 Å². The van der Waals surface area contributed by atoms with E-state index in [1.54, 1.807) is 0 Å². The largest absolute Gasteiger partial charge is 0.396 e. The van der Waals surface area contributed by atoms with Gasteiger partial charge in [-0.2, -0.15) is 11.8 Å². The molecule has 1 aromatic carbocycles. The topological polar surface area (TPSA) is 20.2 Å². The molecule has 1 heterocycles. The summed E-state index contributed by atoms with van der Waals surface area (Å²) in [6.07, 6.45) is 3.46. The monoisotopic (exact) mass is 222 g/mol. The van der Waals surface area contributed by atoms with Gasteiger partial charge in [0.15, 0.2) is 0 Å². The van der Waals surface area contributed by atoms with Crippen LogP contribution in [-0.2, 0) is 6.42 Å². The molecule has 1 unspecified atom stereocenters. The van der Waals surface area contributed by atoms with Gasteiger partial charge in [0.1, 0.15) is 0 Å². The molecule has 0 aliphatic carbocycles. The highest BCUT2D eigenvalue weighted by Crippen LogP contribution is 2.31. The summed E-state index contributed by atoms with van der Waals surface area (Å²) in [6.45, 7) is 0.253. The quantitative estimate of drug-likeness (QED) is 0.848. The lowest BCUT2D eigenvalue weighted by Crippen LogP contribution is -2.08. The number of aliphatic hydroxyl groups is 1. The molecule has 0 amide bonds. The van der Waals surface area contributed by atoms with Crippen molar-refractivity contribution >= 4 is 11.8 Å². The van der Waals surface area contributed by atoms with Crippen molar-refractivity contribution in [2.45, 2.75) is 25.2 Å². The highest BCUT2D eigenvalue weighted by atomic mass is 32.2. The minimum absolute atomic E-state index is 0.253. The van der Waals surface area contributed by atoms with Gasteiger partial charge in [-0.3, -0.25) is 0 Å². The van der Waals surface area contributed by atoms with Crippen LogP contribution in [0.25, 0.3) is 0 Å². The van der Waals surface area contributed by atoms with Crippen molar-refractivity contribution in [3.05, 3.63) is 35.4 Å². The van der Waals surface area contributed by atoms with Crippen LogP contribution in [0.1, 0.15) is 29.9 Å². The van der Waals surface area contributed by atoms with Gasteiger partial charge in [0.25, 0.3) is 0 Å². The molecule has 0 radical (unpaired) electrons. The lowest BCUT2D eigenvalue weighted by atomic mass is 9.94. The summed E-state index contributed by atoms with van der Waals surface area (Å²) in [5.74, 6) is 3.33. The molecule has 1 saturated heterocycles. The number of thioether (sulfide) groups is 1. The van der Waals surface area contributed by atoms with E-state index in [9.17, 15) is 0 Å². The fourth-order valence-corrected chi connectivity index (χ4v) is 3.32. The zero-order chi connectivity index (χ0) is 10.5. The molecule has 82 valence electrons. The third-order valence-electron chi connectivity index (χ3n) is 2.98. The molecule has 1 N–H and O–H groups in total. The van der Waals surface area contributed by atoms with E-state index >= 15 is 0 Å². The van der Waals surface area contributed by atoms with Crippen LogP contribution < -0.4 is 0 Å². The lowest BCUT2D eigenvalue weighted by molar-refractivity contribution is 0.299. The molecular formula is C13H18OS. The molecule has 0 saturated carbocycles. The molecule has 2 rings (SSSR count). The molecule has 1 atom stereocenters. The first-order valence-corrected chi connectivity index (χ1v) is 6.83. The first-order chi connectivity index (χ1) is 7.40. The van der Waals surface area contributed by atoms with Gasteiger partial charge in [-0.1, -0.05) is 24.3 Å². The predicted molar refractivity (Wildman–Crippen MR) is 66.5 cm³/mol. The Morgan fingerprint density at radius 2 is 2.33 bits per heavy atom. The normalized spacial score (nSPS) is 21.5. The molecule has 1 aliphatic rings. The maximum atomic E-state index is 8.92. The van der Waals surface area contributed by atoms with Crippen LogP contribution >= 0.6 is 11.8 Å². The first-order valence-electron chi connectivity index (χ1n) is 5.67. The molecule has 2 heteroatoms. The molecule has 0 aromatic heterocycles. The Kier molecular flexibility index (Phi) is 4.09. The fourth-order valence-electron chi connectivity index (χ4n) is 2.14. The van der Waals surface area contributed by atoms with Crippen LogP contribution in [0.15, 0.2) is 24.3 Å². The van der Waals surface area contributed by atoms with Crippen LogP contribution in [-0.4, -0.2) is 23.2 Å². The Morgan fingerprint density at radius 1 is 1.40 bits per heavy atom. The van der Waals surface area contributed by atoms with Crippen LogP contribution in [0.2, 0.25) is 0 Å². The Labute approximate surface area is 95.9 Å². The fraction of sp³-hybridized carbons (Fsp3) is 0.538. The van der Waals surface area contributed by atoms with Crippen LogP contribution in [0.3, 0.4) is 0 Å². The maximum Gasteiger partial charge on any atom is 0.0471 e. The van der Waals surface area contributed by atoms with Gasteiger partial charge in [-0.15, -0.1) is 0 Å². The van der Waals surface area contributed by atoms with Gasteiger partial charge in [0.05, 0.1) is 0 Å². The van der Waals surface area contributed by atoms with E-state index in [-0.39, 0.29) is 6.61 Å². The van der Waals surface area contributed by atoms with E-state index in [1.807, 2.05) is 0 Å². The summed E-state index contributed by atoms with van der Waals surface area (Å²) in [4.78, 5) is 0. The molecule has 1 nitrogen and oxygen atoms in total. The summed E-state index contributed by atoms with van der Waals surface area (Å²) in [7, 11) is 0. The predicted octanol–water partition coefficient (Wildman–Crippen LogP) is 2.83. The minimum Gasteiger partial charge on any atom is -0.396 e. The van der Waals surface area contributed by atoms with E-state index in [0.29, 0.717) is 0 Å². The molecule has 0 spiro atoms. The summed E-state index contributed by atoms with van der Waals surface area (Å²) in [5, 5.41) is 8.92. The Balaban J connectivity index is 2.09. The van der Waals surface area contributed by atoms with E-state index in [2.05, 4.69) is 36.0 Å². The van der Waals surface area contributed by atoms with Gasteiger partial charge >= 0.3 is 0 Å². The van der Waals surface area contributed by atoms with Crippen molar-refractivity contribution in [1.29, 1.82) is 0 Å². The van der Waals surface area contributed by atoms with Crippen molar-refractivity contribution < 1.29 is 5.11 Å². The van der Waals surface area contributed by atoms with E-state index in [0.717, 1.165) is 12.3 Å². The third-order valence-corrected chi connectivity index (χ3v) is 4.20. The van der Waals surface area contributed by atoms with Crippen molar-refractivity contribution in [3.63, 3.8) is 0 Å². The van der Waals surface area contributed by atoms with Crippen LogP contribution in [0, 0.1) is 0 Å². The second-order valence-corrected chi connectivity index (χ2v) is 5.28. The van der Waals surface area contributed by atoms with E-state index < -0.39 is 0 Å². The summed E-state index contributed by atoms with van der Waals surface area (Å²) in [6, 6.07) is 8.74. The average molecular weight is 222 g/mol. The summed E-state index contributed by atoms with van der Waals surface area (Å²) < 4.78 is 0. The van der Waals surface area contributed by atoms with Crippen LogP contribution in [0.5, 0.6) is 0 Å². The number of benzene rings is 1. The molecule has 1 aromatic rings. The smallest absolute Gasteiger partial charge is 0.0471 e. The van der Waals surface area contributed by atoms with Crippen molar-refractivity contribution in [2.75, 3.05) is 18.1 Å². The van der Waals surface area contributed by atoms with E-state index in [1.165, 1.54) is 35.5 Å². The van der Waals surface area contributed by atoms with Gasteiger partial charge in [0, 0.05) is 12.4 Å². The average Bonchev–Trinajstić information content (AvgIpc) is 2.31. The molecule has 1 aliphatic heterocycles. The van der Waals surface area contributed by atoms with Crippen LogP contribution in [0.4, 0.5) is 0 Å². The number of hydrogen-bond acceptors (Lipinski definition) is 2. The van der Waals surface area contributed by atoms with E-state index in [4.69, 9.17) is 5.11 Å². The highest BCUT2D eigenvalue weighted by Gasteiger charge is 2.15. The Bertz CT molecular complexity index is 305. The Hall–Kier alpha value is -0.470. The number of rotatable bonds is 3. The molecule has 1 fully saturated rings. The van der Waals surface area contributed by atoms with Crippen molar-refractivity contribution in [2.24, 2.45) is 0 Å². The molecule has 15 heavy (non-hydrogen) atoms. The first kappa shape index (κ1) is 11.0. The second kappa shape index (κ2) is 5.57. The Morgan fingerprint density at radius 3 is 3.07 bits per heavy atom. The van der Waals surface area contributed by atoms with Gasteiger partial charge < -0.3 is 5.11 Å². The zero-order valence-electron chi connectivity index (χ0n) is 8.98.